The highest BCUT2D eigenvalue weighted by atomic mass is 32.1. The molecule has 0 aliphatic carbocycles. The standard InChI is InChI=1S/C23H26N6O2S/c1-16-15-17(2)26-22(25-16)28-21(24-13-14-30-3)29-23(32)27-18-9-11-20(12-10-18)31-19-7-5-4-6-8-19/h4-12,15H,13-14H2,1-3H3,(H3,24,25,26,27,28,29,32). The van der Waals surface area contributed by atoms with E-state index in [0.29, 0.717) is 30.2 Å². The zero-order chi connectivity index (χ0) is 22.8. The maximum atomic E-state index is 5.81. The fourth-order valence-electron chi connectivity index (χ4n) is 2.75. The van der Waals surface area contributed by atoms with Crippen LogP contribution in [0.15, 0.2) is 65.7 Å². The van der Waals surface area contributed by atoms with Crippen LogP contribution in [0, 0.1) is 13.8 Å². The van der Waals surface area contributed by atoms with Crippen molar-refractivity contribution in [1.29, 1.82) is 0 Å². The van der Waals surface area contributed by atoms with Crippen LogP contribution in [0.3, 0.4) is 0 Å². The van der Waals surface area contributed by atoms with Crippen molar-refractivity contribution in [1.82, 2.24) is 15.3 Å². The van der Waals surface area contributed by atoms with E-state index in [9.17, 15) is 0 Å². The second kappa shape index (κ2) is 11.7. The molecule has 1 aromatic heterocycles. The number of aromatic nitrogens is 2. The Bertz CT molecular complexity index is 1040. The summed E-state index contributed by atoms with van der Waals surface area (Å²) in [5.41, 5.74) is 2.52. The Morgan fingerprint density at radius 1 is 0.938 bits per heavy atom. The monoisotopic (exact) mass is 450 g/mol. The molecule has 0 radical (unpaired) electrons. The van der Waals surface area contributed by atoms with Crippen molar-refractivity contribution in [2.45, 2.75) is 13.8 Å². The number of benzene rings is 2. The second-order valence-electron chi connectivity index (χ2n) is 6.84. The number of rotatable bonds is 7. The molecular formula is C23H26N6O2S. The van der Waals surface area contributed by atoms with Crippen molar-refractivity contribution >= 4 is 34.9 Å². The van der Waals surface area contributed by atoms with E-state index in [1.54, 1.807) is 7.11 Å². The predicted molar refractivity (Wildman–Crippen MR) is 132 cm³/mol. The maximum Gasteiger partial charge on any atom is 0.229 e. The van der Waals surface area contributed by atoms with Crippen molar-refractivity contribution < 1.29 is 9.47 Å². The molecule has 0 fully saturated rings. The van der Waals surface area contributed by atoms with Gasteiger partial charge in [-0.3, -0.25) is 10.3 Å². The van der Waals surface area contributed by atoms with E-state index in [1.807, 2.05) is 74.5 Å². The van der Waals surface area contributed by atoms with Gasteiger partial charge in [0.25, 0.3) is 0 Å². The molecule has 32 heavy (non-hydrogen) atoms. The molecule has 0 aliphatic rings. The van der Waals surface area contributed by atoms with E-state index < -0.39 is 0 Å². The van der Waals surface area contributed by atoms with Gasteiger partial charge in [-0.2, -0.15) is 0 Å². The number of hydrogen-bond donors (Lipinski definition) is 3. The Morgan fingerprint density at radius 2 is 1.59 bits per heavy atom. The molecule has 0 spiro atoms. The average Bonchev–Trinajstić information content (AvgIpc) is 2.75. The first-order valence-corrected chi connectivity index (χ1v) is 10.5. The van der Waals surface area contributed by atoms with Crippen LogP contribution in [0.25, 0.3) is 0 Å². The van der Waals surface area contributed by atoms with Crippen LogP contribution in [0.4, 0.5) is 11.6 Å². The number of guanidine groups is 1. The number of ether oxygens (including phenoxy) is 2. The normalized spacial score (nSPS) is 11.0. The van der Waals surface area contributed by atoms with Crippen LogP contribution in [0.2, 0.25) is 0 Å². The number of para-hydroxylation sites is 1. The minimum atomic E-state index is 0.370. The summed E-state index contributed by atoms with van der Waals surface area (Å²) in [4.78, 5) is 13.2. The molecule has 0 atom stereocenters. The van der Waals surface area contributed by atoms with E-state index in [4.69, 9.17) is 21.7 Å². The number of anilines is 2. The molecule has 0 bridgehead atoms. The van der Waals surface area contributed by atoms with Crippen LogP contribution in [-0.2, 0) is 4.74 Å². The molecule has 1 heterocycles. The fourth-order valence-corrected chi connectivity index (χ4v) is 2.96. The topological polar surface area (TPSA) is 92.7 Å². The summed E-state index contributed by atoms with van der Waals surface area (Å²) in [6.45, 7) is 4.74. The first-order valence-electron chi connectivity index (χ1n) is 10.1. The van der Waals surface area contributed by atoms with Gasteiger partial charge in [0.1, 0.15) is 11.5 Å². The summed E-state index contributed by atoms with van der Waals surface area (Å²) >= 11 is 5.45. The predicted octanol–water partition coefficient (Wildman–Crippen LogP) is 4.29. The number of hydrogen-bond acceptors (Lipinski definition) is 6. The van der Waals surface area contributed by atoms with Gasteiger partial charge in [0, 0.05) is 24.2 Å². The first kappa shape index (κ1) is 23.1. The van der Waals surface area contributed by atoms with Gasteiger partial charge in [-0.15, -0.1) is 0 Å². The molecule has 0 aliphatic heterocycles. The zero-order valence-electron chi connectivity index (χ0n) is 18.3. The summed E-state index contributed by atoms with van der Waals surface area (Å²) in [5.74, 6) is 2.38. The van der Waals surface area contributed by atoms with Gasteiger partial charge >= 0.3 is 0 Å². The fraction of sp³-hybridized carbons (Fsp3) is 0.217. The molecule has 0 amide bonds. The molecule has 9 heteroatoms. The van der Waals surface area contributed by atoms with Crippen LogP contribution in [0.1, 0.15) is 11.4 Å². The minimum Gasteiger partial charge on any atom is -0.457 e. The average molecular weight is 451 g/mol. The molecule has 2 aromatic carbocycles. The van der Waals surface area contributed by atoms with Crippen LogP contribution < -0.4 is 20.7 Å². The molecule has 166 valence electrons. The molecule has 3 N–H and O–H groups in total. The Morgan fingerprint density at radius 3 is 2.25 bits per heavy atom. The maximum absolute atomic E-state index is 5.81. The number of thiocarbonyl (C=S) groups is 1. The van der Waals surface area contributed by atoms with Crippen molar-refractivity contribution in [2.24, 2.45) is 4.99 Å². The number of aliphatic imine (C=N–C) groups is 1. The van der Waals surface area contributed by atoms with E-state index in [2.05, 4.69) is 30.9 Å². The molecule has 0 saturated carbocycles. The van der Waals surface area contributed by atoms with Crippen molar-refractivity contribution in [3.8, 4) is 11.5 Å². The quantitative estimate of drug-likeness (QED) is 0.213. The second-order valence-corrected chi connectivity index (χ2v) is 7.25. The summed E-state index contributed by atoms with van der Waals surface area (Å²) in [6.07, 6.45) is 0. The van der Waals surface area contributed by atoms with Gasteiger partial charge in [0.15, 0.2) is 5.11 Å². The lowest BCUT2D eigenvalue weighted by atomic mass is 10.3. The number of nitrogens with one attached hydrogen (secondary N) is 3. The third-order valence-corrected chi connectivity index (χ3v) is 4.30. The Labute approximate surface area is 193 Å². The first-order chi connectivity index (χ1) is 15.5. The zero-order valence-corrected chi connectivity index (χ0v) is 19.1. The van der Waals surface area contributed by atoms with Crippen LogP contribution >= 0.6 is 12.2 Å². The van der Waals surface area contributed by atoms with Crippen molar-refractivity contribution in [2.75, 3.05) is 30.9 Å². The minimum absolute atomic E-state index is 0.370. The molecule has 3 aromatic rings. The lowest BCUT2D eigenvalue weighted by Gasteiger charge is -2.14. The number of methoxy groups -OCH3 is 1. The summed E-state index contributed by atoms with van der Waals surface area (Å²) < 4.78 is 10.9. The summed E-state index contributed by atoms with van der Waals surface area (Å²) in [7, 11) is 1.63. The van der Waals surface area contributed by atoms with Gasteiger partial charge in [-0.1, -0.05) is 18.2 Å². The van der Waals surface area contributed by atoms with Gasteiger partial charge in [0.2, 0.25) is 11.9 Å². The number of aryl methyl sites for hydroxylation is 2. The lowest BCUT2D eigenvalue weighted by Crippen LogP contribution is -2.39. The Kier molecular flexibility index (Phi) is 8.47. The van der Waals surface area contributed by atoms with Gasteiger partial charge in [0.05, 0.1) is 13.2 Å². The van der Waals surface area contributed by atoms with Gasteiger partial charge < -0.3 is 20.1 Å². The molecule has 0 unspecified atom stereocenters. The highest BCUT2D eigenvalue weighted by Crippen LogP contribution is 2.22. The van der Waals surface area contributed by atoms with Gasteiger partial charge in [-0.05, 0) is 68.5 Å². The van der Waals surface area contributed by atoms with Crippen molar-refractivity contribution in [3.05, 3.63) is 72.1 Å². The van der Waals surface area contributed by atoms with Gasteiger partial charge in [-0.25, -0.2) is 9.97 Å². The third-order valence-electron chi connectivity index (χ3n) is 4.10. The lowest BCUT2D eigenvalue weighted by molar-refractivity contribution is 0.208. The van der Waals surface area contributed by atoms with E-state index in [0.717, 1.165) is 28.6 Å². The molecule has 3 rings (SSSR count). The third kappa shape index (κ3) is 7.60. The smallest absolute Gasteiger partial charge is 0.229 e. The number of nitrogens with zero attached hydrogens (tertiary/aromatic N) is 3. The Balaban J connectivity index is 1.61. The van der Waals surface area contributed by atoms with Crippen LogP contribution in [0.5, 0.6) is 11.5 Å². The highest BCUT2D eigenvalue weighted by molar-refractivity contribution is 7.80. The largest absolute Gasteiger partial charge is 0.457 e. The van der Waals surface area contributed by atoms with Crippen LogP contribution in [-0.4, -0.2) is 41.3 Å². The SMILES string of the molecule is COCCN=C(NC(=S)Nc1ccc(Oc2ccccc2)cc1)Nc1nc(C)cc(C)n1. The summed E-state index contributed by atoms with van der Waals surface area (Å²) in [6, 6.07) is 19.0. The molecule has 8 nitrogen and oxygen atoms in total. The summed E-state index contributed by atoms with van der Waals surface area (Å²) in [5, 5.41) is 9.65. The van der Waals surface area contributed by atoms with E-state index in [-0.39, 0.29) is 0 Å². The Hall–Kier alpha value is -3.56. The highest BCUT2D eigenvalue weighted by Gasteiger charge is 2.07. The van der Waals surface area contributed by atoms with E-state index >= 15 is 0 Å². The van der Waals surface area contributed by atoms with E-state index in [1.165, 1.54) is 0 Å². The molecule has 0 saturated heterocycles. The molecular weight excluding hydrogens is 424 g/mol. The van der Waals surface area contributed by atoms with Crippen molar-refractivity contribution in [3.63, 3.8) is 0 Å².